The van der Waals surface area contributed by atoms with E-state index >= 15 is 0 Å². The Labute approximate surface area is 140 Å². The van der Waals surface area contributed by atoms with Gasteiger partial charge in [-0.05, 0) is 30.9 Å². The average molecular weight is 328 g/mol. The van der Waals surface area contributed by atoms with Crippen molar-refractivity contribution in [3.05, 3.63) is 69.8 Å². The number of nitrogens with zero attached hydrogens (tertiary/aromatic N) is 1. The zero-order valence-corrected chi connectivity index (χ0v) is 13.4. The Morgan fingerprint density at radius 3 is 2.42 bits per heavy atom. The first-order chi connectivity index (χ1) is 11.6. The summed E-state index contributed by atoms with van der Waals surface area (Å²) in [5.74, 6) is 0.457. The molecule has 0 spiro atoms. The van der Waals surface area contributed by atoms with E-state index in [1.807, 2.05) is 6.07 Å². The van der Waals surface area contributed by atoms with Gasteiger partial charge in [0.1, 0.15) is 5.69 Å². The molecule has 0 bridgehead atoms. The fourth-order valence-corrected chi connectivity index (χ4v) is 2.31. The van der Waals surface area contributed by atoms with Crippen LogP contribution < -0.4 is 5.32 Å². The van der Waals surface area contributed by atoms with Gasteiger partial charge in [0.25, 0.3) is 5.69 Å². The van der Waals surface area contributed by atoms with Crippen LogP contribution in [0.25, 0.3) is 0 Å². The van der Waals surface area contributed by atoms with E-state index in [2.05, 4.69) is 5.32 Å². The number of aliphatic hydroxyl groups excluding tert-OH is 1. The smallest absolute Gasteiger partial charge is 0.292 e. The van der Waals surface area contributed by atoms with Crippen molar-refractivity contribution >= 4 is 17.2 Å². The third kappa shape index (κ3) is 4.39. The van der Waals surface area contributed by atoms with E-state index in [9.17, 15) is 14.9 Å². The number of ketones is 1. The van der Waals surface area contributed by atoms with Gasteiger partial charge >= 0.3 is 0 Å². The largest absolute Gasteiger partial charge is 0.400 e. The molecule has 24 heavy (non-hydrogen) atoms. The van der Waals surface area contributed by atoms with Crippen LogP contribution in [0.2, 0.25) is 0 Å². The summed E-state index contributed by atoms with van der Waals surface area (Å²) in [5, 5.41) is 21.2. The van der Waals surface area contributed by atoms with E-state index in [-0.39, 0.29) is 11.5 Å². The van der Waals surface area contributed by atoms with Crippen LogP contribution >= 0.6 is 0 Å². The zero-order valence-electron chi connectivity index (χ0n) is 13.4. The third-order valence-electron chi connectivity index (χ3n) is 3.77. The molecule has 0 aliphatic heterocycles. The standard InChI is InChI=1S/C17H16N2O3.CH4O/c20-17(13-4-2-1-3-5-13)14-8-9-16(19(21)22)15(10-14)18-11-12-6-7-12;1-2/h1-5,8-10,12,18H,6-7,11H2;2H,1H3. The Hall–Kier alpha value is -2.73. The van der Waals surface area contributed by atoms with Crippen molar-refractivity contribution in [2.24, 2.45) is 5.92 Å². The number of rotatable bonds is 6. The predicted molar refractivity (Wildman–Crippen MR) is 92.3 cm³/mol. The van der Waals surface area contributed by atoms with Crippen LogP contribution in [0.4, 0.5) is 11.4 Å². The summed E-state index contributed by atoms with van der Waals surface area (Å²) in [7, 11) is 1.00. The van der Waals surface area contributed by atoms with Gasteiger partial charge in [0.2, 0.25) is 0 Å². The lowest BCUT2D eigenvalue weighted by Crippen LogP contribution is -2.08. The molecule has 6 nitrogen and oxygen atoms in total. The number of anilines is 1. The highest BCUT2D eigenvalue weighted by Gasteiger charge is 2.23. The molecule has 0 radical (unpaired) electrons. The number of nitrogens with one attached hydrogen (secondary N) is 1. The summed E-state index contributed by atoms with van der Waals surface area (Å²) in [4.78, 5) is 23.1. The number of nitro groups is 1. The third-order valence-corrected chi connectivity index (χ3v) is 3.77. The molecule has 1 aliphatic carbocycles. The van der Waals surface area contributed by atoms with Gasteiger partial charge in [-0.2, -0.15) is 0 Å². The second-order valence-corrected chi connectivity index (χ2v) is 5.51. The van der Waals surface area contributed by atoms with Crippen LogP contribution in [-0.4, -0.2) is 29.5 Å². The van der Waals surface area contributed by atoms with E-state index in [0.717, 1.165) is 20.0 Å². The minimum atomic E-state index is -0.425. The van der Waals surface area contributed by atoms with Crippen molar-refractivity contribution in [2.45, 2.75) is 12.8 Å². The molecule has 0 aromatic heterocycles. The monoisotopic (exact) mass is 328 g/mol. The number of nitro benzene ring substituents is 1. The Balaban J connectivity index is 0.00000100. The maximum Gasteiger partial charge on any atom is 0.292 e. The molecule has 2 N–H and O–H groups in total. The lowest BCUT2D eigenvalue weighted by atomic mass is 10.0. The van der Waals surface area contributed by atoms with Gasteiger partial charge in [-0.15, -0.1) is 0 Å². The molecule has 0 heterocycles. The van der Waals surface area contributed by atoms with Crippen molar-refractivity contribution in [2.75, 3.05) is 19.0 Å². The van der Waals surface area contributed by atoms with Crippen LogP contribution in [0, 0.1) is 16.0 Å². The van der Waals surface area contributed by atoms with Gasteiger partial charge in [0.05, 0.1) is 4.92 Å². The molecular weight excluding hydrogens is 308 g/mol. The fraction of sp³-hybridized carbons (Fsp3) is 0.278. The van der Waals surface area contributed by atoms with Gasteiger partial charge in [-0.3, -0.25) is 14.9 Å². The van der Waals surface area contributed by atoms with Crippen LogP contribution in [-0.2, 0) is 0 Å². The molecule has 3 rings (SSSR count). The first kappa shape index (κ1) is 17.6. The number of aliphatic hydroxyl groups is 1. The molecule has 0 saturated heterocycles. The zero-order chi connectivity index (χ0) is 17.5. The second kappa shape index (κ2) is 8.21. The molecule has 2 aromatic carbocycles. The minimum Gasteiger partial charge on any atom is -0.400 e. The average Bonchev–Trinajstić information content (AvgIpc) is 3.46. The molecule has 0 amide bonds. The highest BCUT2D eigenvalue weighted by atomic mass is 16.6. The topological polar surface area (TPSA) is 92.5 Å². The van der Waals surface area contributed by atoms with Gasteiger partial charge in [0.15, 0.2) is 5.78 Å². The van der Waals surface area contributed by atoms with Crippen LogP contribution in [0.1, 0.15) is 28.8 Å². The van der Waals surface area contributed by atoms with Crippen LogP contribution in [0.3, 0.4) is 0 Å². The molecule has 2 aromatic rings. The molecule has 1 saturated carbocycles. The van der Waals surface area contributed by atoms with Crippen LogP contribution in [0.15, 0.2) is 48.5 Å². The summed E-state index contributed by atoms with van der Waals surface area (Å²) < 4.78 is 0. The SMILES string of the molecule is CO.O=C(c1ccccc1)c1ccc([N+](=O)[O-])c(NCC2CC2)c1. The molecule has 1 fully saturated rings. The normalized spacial score (nSPS) is 12.8. The van der Waals surface area contributed by atoms with Crippen molar-refractivity contribution < 1.29 is 14.8 Å². The molecular formula is C18H20N2O4. The predicted octanol–water partition coefficient (Wildman–Crippen LogP) is 3.26. The molecule has 1 aliphatic rings. The van der Waals surface area contributed by atoms with Crippen molar-refractivity contribution in [3.63, 3.8) is 0 Å². The lowest BCUT2D eigenvalue weighted by Gasteiger charge is -2.08. The first-order valence-corrected chi connectivity index (χ1v) is 7.72. The van der Waals surface area contributed by atoms with Gasteiger partial charge in [0, 0.05) is 30.8 Å². The maximum absolute atomic E-state index is 12.4. The number of hydrogen-bond donors (Lipinski definition) is 2. The summed E-state index contributed by atoms with van der Waals surface area (Å²) in [6.07, 6.45) is 2.31. The second-order valence-electron chi connectivity index (χ2n) is 5.51. The number of benzene rings is 2. The van der Waals surface area contributed by atoms with Gasteiger partial charge in [-0.25, -0.2) is 0 Å². The Bertz CT molecular complexity index is 712. The molecule has 126 valence electrons. The van der Waals surface area contributed by atoms with E-state index in [0.29, 0.717) is 29.3 Å². The quantitative estimate of drug-likeness (QED) is 0.482. The lowest BCUT2D eigenvalue weighted by molar-refractivity contribution is -0.384. The summed E-state index contributed by atoms with van der Waals surface area (Å²) in [6.45, 7) is 0.712. The maximum atomic E-state index is 12.4. The molecule has 0 atom stereocenters. The molecule has 0 unspecified atom stereocenters. The molecule has 6 heteroatoms. The summed E-state index contributed by atoms with van der Waals surface area (Å²) in [5.41, 5.74) is 1.45. The highest BCUT2D eigenvalue weighted by molar-refractivity contribution is 6.09. The van der Waals surface area contributed by atoms with E-state index < -0.39 is 4.92 Å². The van der Waals surface area contributed by atoms with E-state index in [4.69, 9.17) is 5.11 Å². The van der Waals surface area contributed by atoms with Crippen LogP contribution in [0.5, 0.6) is 0 Å². The number of carbonyl (C=O) groups excluding carboxylic acids is 1. The Morgan fingerprint density at radius 1 is 1.17 bits per heavy atom. The summed E-state index contributed by atoms with van der Waals surface area (Å²) in [6, 6.07) is 13.4. The minimum absolute atomic E-state index is 0.00487. The number of hydrogen-bond acceptors (Lipinski definition) is 5. The fourth-order valence-electron chi connectivity index (χ4n) is 2.31. The highest BCUT2D eigenvalue weighted by Crippen LogP contribution is 2.32. The van der Waals surface area contributed by atoms with E-state index in [1.165, 1.54) is 12.1 Å². The Morgan fingerprint density at radius 2 is 1.83 bits per heavy atom. The summed E-state index contributed by atoms with van der Waals surface area (Å²) >= 11 is 0. The van der Waals surface area contributed by atoms with Gasteiger partial charge < -0.3 is 10.4 Å². The van der Waals surface area contributed by atoms with Crippen molar-refractivity contribution in [1.82, 2.24) is 0 Å². The van der Waals surface area contributed by atoms with Crippen molar-refractivity contribution in [1.29, 1.82) is 0 Å². The Kier molecular flexibility index (Phi) is 6.03. The van der Waals surface area contributed by atoms with E-state index in [1.54, 1.807) is 30.3 Å². The first-order valence-electron chi connectivity index (χ1n) is 7.72. The van der Waals surface area contributed by atoms with Crippen molar-refractivity contribution in [3.8, 4) is 0 Å². The van der Waals surface area contributed by atoms with Gasteiger partial charge in [-0.1, -0.05) is 30.3 Å². The number of carbonyl (C=O) groups is 1.